The highest BCUT2D eigenvalue weighted by atomic mass is 32.1. The minimum atomic E-state index is -5.24. The van der Waals surface area contributed by atoms with Gasteiger partial charge < -0.3 is 15.7 Å². The zero-order valence-electron chi connectivity index (χ0n) is 12.6. The Labute approximate surface area is 144 Å². The van der Waals surface area contributed by atoms with Crippen molar-refractivity contribution in [3.05, 3.63) is 58.3 Å². The molecule has 2 heterocycles. The van der Waals surface area contributed by atoms with Crippen LogP contribution < -0.4 is 10.6 Å². The predicted molar refractivity (Wildman–Crippen MR) is 84.0 cm³/mol. The number of benzene rings is 1. The smallest absolute Gasteiger partial charge is 0.363 e. The highest BCUT2D eigenvalue weighted by molar-refractivity contribution is 7.10. The summed E-state index contributed by atoms with van der Waals surface area (Å²) in [5.41, 5.74) is -3.67. The van der Waals surface area contributed by atoms with E-state index in [1.165, 1.54) is 35.6 Å². The van der Waals surface area contributed by atoms with Crippen molar-refractivity contribution in [3.8, 4) is 0 Å². The van der Waals surface area contributed by atoms with Gasteiger partial charge in [0.05, 0.1) is 6.04 Å². The molecule has 0 aliphatic carbocycles. The number of urea groups is 1. The lowest BCUT2D eigenvalue weighted by atomic mass is 9.79. The fourth-order valence-corrected chi connectivity index (χ4v) is 3.64. The summed E-state index contributed by atoms with van der Waals surface area (Å²) >= 11 is 1.09. The molecule has 2 amide bonds. The maximum Gasteiger partial charge on any atom is 0.437 e. The van der Waals surface area contributed by atoms with E-state index in [1.54, 1.807) is 17.5 Å². The van der Waals surface area contributed by atoms with Gasteiger partial charge in [-0.25, -0.2) is 4.79 Å². The molecule has 0 spiro atoms. The van der Waals surface area contributed by atoms with E-state index >= 15 is 0 Å². The molecular weight excluding hydrogens is 357 g/mol. The number of aliphatic hydroxyl groups is 1. The van der Waals surface area contributed by atoms with Gasteiger partial charge >= 0.3 is 12.2 Å². The molecule has 1 saturated heterocycles. The first-order chi connectivity index (χ1) is 11.7. The quantitative estimate of drug-likeness (QED) is 0.727. The zero-order chi connectivity index (χ0) is 18.2. The van der Waals surface area contributed by atoms with Crippen molar-refractivity contribution in [2.75, 3.05) is 0 Å². The van der Waals surface area contributed by atoms with Crippen LogP contribution >= 0.6 is 11.3 Å². The molecule has 0 saturated carbocycles. The fraction of sp³-hybridized carbons (Fsp3) is 0.250. The van der Waals surface area contributed by atoms with Gasteiger partial charge in [0.15, 0.2) is 5.78 Å². The van der Waals surface area contributed by atoms with Crippen LogP contribution in [0.1, 0.15) is 21.3 Å². The van der Waals surface area contributed by atoms with Crippen molar-refractivity contribution < 1.29 is 27.9 Å². The molecule has 1 aliphatic rings. The first-order valence-electron chi connectivity index (χ1n) is 7.24. The largest absolute Gasteiger partial charge is 0.437 e. The SMILES string of the molecule is O=C1N[C@@H](c2cccs2)[C@@H](C(=O)c2ccccc2)[C@](O)(C(F)(F)F)N1. The molecule has 132 valence electrons. The van der Waals surface area contributed by atoms with Crippen molar-refractivity contribution in [2.24, 2.45) is 5.92 Å². The van der Waals surface area contributed by atoms with Gasteiger partial charge in [-0.1, -0.05) is 36.4 Å². The number of hydrogen-bond acceptors (Lipinski definition) is 4. The minimum absolute atomic E-state index is 0.00896. The maximum atomic E-state index is 13.6. The van der Waals surface area contributed by atoms with Gasteiger partial charge in [0, 0.05) is 10.4 Å². The molecule has 1 fully saturated rings. The van der Waals surface area contributed by atoms with E-state index in [4.69, 9.17) is 0 Å². The molecule has 1 aliphatic heterocycles. The number of rotatable bonds is 3. The number of nitrogens with one attached hydrogen (secondary N) is 2. The fourth-order valence-electron chi connectivity index (χ4n) is 2.83. The van der Waals surface area contributed by atoms with Crippen LogP contribution in [0.5, 0.6) is 0 Å². The van der Waals surface area contributed by atoms with Crippen LogP contribution in [0.2, 0.25) is 0 Å². The highest BCUT2D eigenvalue weighted by Crippen LogP contribution is 2.44. The molecule has 0 unspecified atom stereocenters. The first kappa shape index (κ1) is 17.4. The van der Waals surface area contributed by atoms with Gasteiger partial charge in [-0.05, 0) is 11.4 Å². The topological polar surface area (TPSA) is 78.4 Å². The van der Waals surface area contributed by atoms with Crippen LogP contribution in [-0.2, 0) is 0 Å². The van der Waals surface area contributed by atoms with E-state index in [0.29, 0.717) is 4.88 Å². The summed E-state index contributed by atoms with van der Waals surface area (Å²) in [7, 11) is 0. The lowest BCUT2D eigenvalue weighted by molar-refractivity contribution is -0.287. The van der Waals surface area contributed by atoms with Gasteiger partial charge in [-0.3, -0.25) is 4.79 Å². The van der Waals surface area contributed by atoms with Gasteiger partial charge in [0.1, 0.15) is 5.92 Å². The number of hydrogen-bond donors (Lipinski definition) is 3. The normalized spacial score (nSPS) is 26.6. The summed E-state index contributed by atoms with van der Waals surface area (Å²) < 4.78 is 40.8. The van der Waals surface area contributed by atoms with Crippen molar-refractivity contribution in [1.29, 1.82) is 0 Å². The van der Waals surface area contributed by atoms with Crippen LogP contribution in [0.15, 0.2) is 47.8 Å². The molecule has 3 rings (SSSR count). The molecule has 0 bridgehead atoms. The summed E-state index contributed by atoms with van der Waals surface area (Å²) in [6.45, 7) is 0. The molecule has 25 heavy (non-hydrogen) atoms. The van der Waals surface area contributed by atoms with Crippen molar-refractivity contribution in [3.63, 3.8) is 0 Å². The van der Waals surface area contributed by atoms with E-state index < -0.39 is 35.7 Å². The van der Waals surface area contributed by atoms with Crippen LogP contribution in [0.25, 0.3) is 0 Å². The molecule has 2 aromatic rings. The Balaban J connectivity index is 2.14. The van der Waals surface area contributed by atoms with Gasteiger partial charge in [-0.15, -0.1) is 11.3 Å². The zero-order valence-corrected chi connectivity index (χ0v) is 13.4. The maximum absolute atomic E-state index is 13.6. The van der Waals surface area contributed by atoms with Gasteiger partial charge in [0.25, 0.3) is 0 Å². The first-order valence-corrected chi connectivity index (χ1v) is 8.12. The molecule has 9 heteroatoms. The Kier molecular flexibility index (Phi) is 4.29. The van der Waals surface area contributed by atoms with Gasteiger partial charge in [-0.2, -0.15) is 13.2 Å². The van der Waals surface area contributed by atoms with E-state index in [9.17, 15) is 27.9 Å². The molecule has 3 N–H and O–H groups in total. The molecule has 1 aromatic carbocycles. The molecule has 5 nitrogen and oxygen atoms in total. The van der Waals surface area contributed by atoms with Crippen LogP contribution in [0.4, 0.5) is 18.0 Å². The highest BCUT2D eigenvalue weighted by Gasteiger charge is 2.66. The summed E-state index contributed by atoms with van der Waals surface area (Å²) in [5.74, 6) is -2.91. The van der Waals surface area contributed by atoms with E-state index in [0.717, 1.165) is 11.3 Å². The second-order valence-electron chi connectivity index (χ2n) is 5.56. The molecule has 1 aromatic heterocycles. The summed E-state index contributed by atoms with van der Waals surface area (Å²) in [6, 6.07) is 7.94. The third-order valence-electron chi connectivity index (χ3n) is 4.00. The number of halogens is 3. The average molecular weight is 370 g/mol. The number of Topliss-reactive ketones (excluding diaryl/α,β-unsaturated/α-hetero) is 1. The number of amides is 2. The molecular formula is C16H13F3N2O3S. The van der Waals surface area contributed by atoms with Crippen LogP contribution in [0, 0.1) is 5.92 Å². The lowest BCUT2D eigenvalue weighted by Crippen LogP contribution is -2.72. The van der Waals surface area contributed by atoms with Crippen molar-refractivity contribution in [1.82, 2.24) is 10.6 Å². The predicted octanol–water partition coefficient (Wildman–Crippen LogP) is 2.85. The van der Waals surface area contributed by atoms with E-state index in [2.05, 4.69) is 5.32 Å². The van der Waals surface area contributed by atoms with Crippen LogP contribution in [-0.4, -0.2) is 28.8 Å². The number of ketones is 1. The minimum Gasteiger partial charge on any atom is -0.363 e. The standard InChI is InChI=1S/C16H13F3N2O3S/c17-16(18,19)15(24)11(13(22)9-5-2-1-3-6-9)12(20-14(23)21-15)10-7-4-8-25-10/h1-8,11-12,24H,(H2,20,21,23)/t11-,12-,15-/m0/s1. The Hall–Kier alpha value is -2.39. The summed E-state index contributed by atoms with van der Waals surface area (Å²) in [6.07, 6.45) is -5.24. The average Bonchev–Trinajstić information content (AvgIpc) is 3.08. The lowest BCUT2D eigenvalue weighted by Gasteiger charge is -2.44. The van der Waals surface area contributed by atoms with Crippen LogP contribution in [0.3, 0.4) is 0 Å². The van der Waals surface area contributed by atoms with Gasteiger partial charge in [0.2, 0.25) is 5.72 Å². The molecule has 3 atom stereocenters. The summed E-state index contributed by atoms with van der Waals surface area (Å²) in [5, 5.41) is 15.8. The third kappa shape index (κ3) is 3.00. The number of carbonyl (C=O) groups is 2. The Bertz CT molecular complexity index is 780. The monoisotopic (exact) mass is 370 g/mol. The Morgan fingerprint density at radius 2 is 1.84 bits per heavy atom. The second-order valence-corrected chi connectivity index (χ2v) is 6.54. The number of thiophene rings is 1. The summed E-state index contributed by atoms with van der Waals surface area (Å²) in [4.78, 5) is 24.9. The number of alkyl halides is 3. The number of carbonyl (C=O) groups excluding carboxylic acids is 2. The Morgan fingerprint density at radius 3 is 2.40 bits per heavy atom. The third-order valence-corrected chi connectivity index (χ3v) is 4.95. The van der Waals surface area contributed by atoms with E-state index in [1.807, 2.05) is 0 Å². The van der Waals surface area contributed by atoms with E-state index in [-0.39, 0.29) is 5.56 Å². The Morgan fingerprint density at radius 1 is 1.16 bits per heavy atom. The molecule has 0 radical (unpaired) electrons. The van der Waals surface area contributed by atoms with Crippen molar-refractivity contribution >= 4 is 23.2 Å². The second kappa shape index (κ2) is 6.16. The van der Waals surface area contributed by atoms with Crippen molar-refractivity contribution in [2.45, 2.75) is 17.9 Å².